The molecule has 0 aliphatic heterocycles. The minimum absolute atomic E-state index is 0.479. The quantitative estimate of drug-likeness (QED) is 0.858. The summed E-state index contributed by atoms with van der Waals surface area (Å²) in [5.41, 5.74) is 12.0. The van der Waals surface area contributed by atoms with Crippen LogP contribution in [-0.4, -0.2) is 14.8 Å². The third-order valence-corrected chi connectivity index (χ3v) is 2.88. The Morgan fingerprint density at radius 2 is 1.82 bits per heavy atom. The number of nitrogens with two attached hydrogens (primary N) is 1. The lowest BCUT2D eigenvalue weighted by Crippen LogP contribution is -2.11. The molecule has 17 heavy (non-hydrogen) atoms. The fourth-order valence-corrected chi connectivity index (χ4v) is 2.15. The zero-order valence-corrected chi connectivity index (χ0v) is 10.8. The number of aromatic nitrogens is 3. The van der Waals surface area contributed by atoms with Gasteiger partial charge in [0, 0.05) is 29.2 Å². The van der Waals surface area contributed by atoms with Crippen molar-refractivity contribution in [2.75, 3.05) is 0 Å². The molecule has 2 N–H and O–H groups in total. The smallest absolute Gasteiger partial charge is 0.0729 e. The summed E-state index contributed by atoms with van der Waals surface area (Å²) in [6, 6.07) is 4.10. The molecule has 0 fully saturated rings. The molecule has 2 aromatic heterocycles. The molecule has 0 unspecified atom stereocenters. The van der Waals surface area contributed by atoms with E-state index in [-0.39, 0.29) is 0 Å². The van der Waals surface area contributed by atoms with Crippen molar-refractivity contribution < 1.29 is 0 Å². The summed E-state index contributed by atoms with van der Waals surface area (Å²) in [5, 5.41) is 4.50. The molecule has 0 saturated carbocycles. The third-order valence-electron chi connectivity index (χ3n) is 2.88. The predicted molar refractivity (Wildman–Crippen MR) is 68.2 cm³/mol. The van der Waals surface area contributed by atoms with E-state index in [0.29, 0.717) is 6.54 Å². The largest absolute Gasteiger partial charge is 0.326 e. The maximum absolute atomic E-state index is 5.81. The standard InChI is InChI=1S/C13H18N4/c1-8-6-13(12(7-14)11(4)15-8)17-10(3)5-9(2)16-17/h5-6H,7,14H2,1-4H3. The van der Waals surface area contributed by atoms with Crippen LogP contribution in [0, 0.1) is 27.7 Å². The minimum atomic E-state index is 0.479. The maximum Gasteiger partial charge on any atom is 0.0729 e. The van der Waals surface area contributed by atoms with Crippen LogP contribution in [0.4, 0.5) is 0 Å². The van der Waals surface area contributed by atoms with Crippen LogP contribution in [-0.2, 0) is 6.54 Å². The fraction of sp³-hybridized carbons (Fsp3) is 0.385. The lowest BCUT2D eigenvalue weighted by molar-refractivity contribution is 0.806. The van der Waals surface area contributed by atoms with E-state index in [0.717, 1.165) is 34.0 Å². The van der Waals surface area contributed by atoms with Crippen LogP contribution in [0.15, 0.2) is 12.1 Å². The van der Waals surface area contributed by atoms with E-state index in [2.05, 4.69) is 16.1 Å². The van der Waals surface area contributed by atoms with Gasteiger partial charge >= 0.3 is 0 Å². The van der Waals surface area contributed by atoms with Crippen LogP contribution < -0.4 is 5.73 Å². The third kappa shape index (κ3) is 2.08. The molecule has 0 aromatic carbocycles. The van der Waals surface area contributed by atoms with E-state index in [1.807, 2.05) is 38.4 Å². The average Bonchev–Trinajstić information content (AvgIpc) is 2.56. The molecule has 0 amide bonds. The Labute approximate surface area is 101 Å². The van der Waals surface area contributed by atoms with Gasteiger partial charge in [0.05, 0.1) is 11.4 Å². The number of hydrogen-bond donors (Lipinski definition) is 1. The molecule has 0 bridgehead atoms. The monoisotopic (exact) mass is 230 g/mol. The number of pyridine rings is 1. The van der Waals surface area contributed by atoms with Gasteiger partial charge in [0.2, 0.25) is 0 Å². The molecule has 2 rings (SSSR count). The number of rotatable bonds is 2. The van der Waals surface area contributed by atoms with Crippen molar-refractivity contribution in [1.29, 1.82) is 0 Å². The second-order valence-corrected chi connectivity index (χ2v) is 4.39. The molecule has 2 heterocycles. The zero-order chi connectivity index (χ0) is 12.6. The van der Waals surface area contributed by atoms with Gasteiger partial charge in [-0.05, 0) is 39.8 Å². The van der Waals surface area contributed by atoms with E-state index >= 15 is 0 Å². The summed E-state index contributed by atoms with van der Waals surface area (Å²) in [7, 11) is 0. The van der Waals surface area contributed by atoms with E-state index in [4.69, 9.17) is 5.73 Å². The van der Waals surface area contributed by atoms with Gasteiger partial charge in [-0.25, -0.2) is 4.68 Å². The molecule has 0 atom stereocenters. The SMILES string of the molecule is Cc1cc(-n2nc(C)cc2C)c(CN)c(C)n1. The van der Waals surface area contributed by atoms with Crippen molar-refractivity contribution in [3.8, 4) is 5.69 Å². The summed E-state index contributed by atoms with van der Waals surface area (Å²) in [4.78, 5) is 4.45. The topological polar surface area (TPSA) is 56.7 Å². The number of hydrogen-bond acceptors (Lipinski definition) is 3. The molecular formula is C13H18N4. The van der Waals surface area contributed by atoms with E-state index in [9.17, 15) is 0 Å². The molecule has 0 saturated heterocycles. The van der Waals surface area contributed by atoms with E-state index in [1.54, 1.807) is 0 Å². The van der Waals surface area contributed by atoms with Gasteiger partial charge in [-0.3, -0.25) is 4.98 Å². The fourth-order valence-electron chi connectivity index (χ4n) is 2.15. The normalized spacial score (nSPS) is 10.9. The van der Waals surface area contributed by atoms with Gasteiger partial charge in [0.1, 0.15) is 0 Å². The lowest BCUT2D eigenvalue weighted by Gasteiger charge is -2.13. The first-order valence-corrected chi connectivity index (χ1v) is 5.73. The van der Waals surface area contributed by atoms with Crippen LogP contribution in [0.25, 0.3) is 5.69 Å². The van der Waals surface area contributed by atoms with E-state index < -0.39 is 0 Å². The van der Waals surface area contributed by atoms with Crippen LogP contribution in [0.5, 0.6) is 0 Å². The highest BCUT2D eigenvalue weighted by atomic mass is 15.3. The predicted octanol–water partition coefficient (Wildman–Crippen LogP) is 1.96. The Hall–Kier alpha value is -1.68. The van der Waals surface area contributed by atoms with Gasteiger partial charge in [-0.1, -0.05) is 0 Å². The first-order chi connectivity index (χ1) is 8.02. The van der Waals surface area contributed by atoms with Crippen molar-refractivity contribution in [2.45, 2.75) is 34.2 Å². The second-order valence-electron chi connectivity index (χ2n) is 4.39. The summed E-state index contributed by atoms with van der Waals surface area (Å²) in [5.74, 6) is 0. The molecule has 90 valence electrons. The molecule has 0 spiro atoms. The van der Waals surface area contributed by atoms with Crippen molar-refractivity contribution in [3.63, 3.8) is 0 Å². The summed E-state index contributed by atoms with van der Waals surface area (Å²) < 4.78 is 1.94. The van der Waals surface area contributed by atoms with Gasteiger partial charge in [-0.2, -0.15) is 5.10 Å². The lowest BCUT2D eigenvalue weighted by atomic mass is 10.1. The summed E-state index contributed by atoms with van der Waals surface area (Å²) >= 11 is 0. The highest BCUT2D eigenvalue weighted by Crippen LogP contribution is 2.19. The number of nitrogens with zero attached hydrogens (tertiary/aromatic N) is 3. The van der Waals surface area contributed by atoms with Gasteiger partial charge in [0.15, 0.2) is 0 Å². The molecule has 4 nitrogen and oxygen atoms in total. The summed E-state index contributed by atoms with van der Waals surface area (Å²) in [6.07, 6.45) is 0. The van der Waals surface area contributed by atoms with Crippen LogP contribution in [0.2, 0.25) is 0 Å². The second kappa shape index (κ2) is 4.30. The Morgan fingerprint density at radius 1 is 1.12 bits per heavy atom. The Kier molecular flexibility index (Phi) is 2.98. The molecular weight excluding hydrogens is 212 g/mol. The van der Waals surface area contributed by atoms with Crippen molar-refractivity contribution in [3.05, 3.63) is 40.5 Å². The van der Waals surface area contributed by atoms with E-state index in [1.165, 1.54) is 0 Å². The Morgan fingerprint density at radius 3 is 2.35 bits per heavy atom. The Bertz CT molecular complexity index is 555. The van der Waals surface area contributed by atoms with Crippen molar-refractivity contribution >= 4 is 0 Å². The molecule has 0 aliphatic rings. The highest BCUT2D eigenvalue weighted by Gasteiger charge is 2.11. The van der Waals surface area contributed by atoms with Gasteiger partial charge in [0.25, 0.3) is 0 Å². The first kappa shape index (κ1) is 11.8. The molecule has 0 aliphatic carbocycles. The van der Waals surface area contributed by atoms with Crippen molar-refractivity contribution in [2.24, 2.45) is 5.73 Å². The minimum Gasteiger partial charge on any atom is -0.326 e. The molecule has 2 aromatic rings. The van der Waals surface area contributed by atoms with Crippen molar-refractivity contribution in [1.82, 2.24) is 14.8 Å². The number of aryl methyl sites for hydroxylation is 4. The van der Waals surface area contributed by atoms with Crippen LogP contribution in [0.1, 0.15) is 28.3 Å². The van der Waals surface area contributed by atoms with Gasteiger partial charge in [-0.15, -0.1) is 0 Å². The van der Waals surface area contributed by atoms with Crippen LogP contribution in [0.3, 0.4) is 0 Å². The summed E-state index contributed by atoms with van der Waals surface area (Å²) in [6.45, 7) is 8.50. The highest BCUT2D eigenvalue weighted by molar-refractivity contribution is 5.45. The maximum atomic E-state index is 5.81. The molecule has 0 radical (unpaired) electrons. The average molecular weight is 230 g/mol. The Balaban J connectivity index is 2.69. The molecule has 4 heteroatoms. The first-order valence-electron chi connectivity index (χ1n) is 5.73. The van der Waals surface area contributed by atoms with Gasteiger partial charge < -0.3 is 5.73 Å². The van der Waals surface area contributed by atoms with Crippen LogP contribution >= 0.6 is 0 Å². The zero-order valence-electron chi connectivity index (χ0n) is 10.8.